The molecule has 1 heterocycles. The van der Waals surface area contributed by atoms with Gasteiger partial charge in [-0.1, -0.05) is 12.8 Å². The fraction of sp³-hybridized carbons (Fsp3) is 0.733. The Morgan fingerprint density at radius 3 is 2.87 bits per heavy atom. The van der Waals surface area contributed by atoms with Gasteiger partial charge in [0.1, 0.15) is 11.1 Å². The van der Waals surface area contributed by atoms with Crippen molar-refractivity contribution >= 4 is 42.1 Å². The number of amides is 1. The maximum Gasteiger partial charge on any atom is 0.225 e. The van der Waals surface area contributed by atoms with Gasteiger partial charge in [0.05, 0.1) is 18.2 Å². The van der Waals surface area contributed by atoms with Crippen LogP contribution < -0.4 is 11.1 Å². The third kappa shape index (κ3) is 5.87. The summed E-state index contributed by atoms with van der Waals surface area (Å²) in [6.07, 6.45) is 3.97. The predicted octanol–water partition coefficient (Wildman–Crippen LogP) is 3.22. The first-order valence-electron chi connectivity index (χ1n) is 7.47. The lowest BCUT2D eigenvalue weighted by Crippen LogP contribution is -2.52. The van der Waals surface area contributed by atoms with Gasteiger partial charge >= 0.3 is 0 Å². The van der Waals surface area contributed by atoms with Gasteiger partial charge in [-0.05, 0) is 26.7 Å². The molecule has 0 aliphatic heterocycles. The fourth-order valence-corrected chi connectivity index (χ4v) is 3.63. The largest absolute Gasteiger partial charge is 0.375 e. The van der Waals surface area contributed by atoms with Gasteiger partial charge in [0.15, 0.2) is 0 Å². The van der Waals surface area contributed by atoms with Gasteiger partial charge in [-0.25, -0.2) is 4.98 Å². The summed E-state index contributed by atoms with van der Waals surface area (Å²) in [4.78, 5) is 16.8. The van der Waals surface area contributed by atoms with Gasteiger partial charge in [0.25, 0.3) is 0 Å². The van der Waals surface area contributed by atoms with Crippen molar-refractivity contribution in [2.24, 2.45) is 11.7 Å². The molecule has 2 rings (SSSR count). The highest BCUT2D eigenvalue weighted by Gasteiger charge is 2.37. The number of nitrogens with one attached hydrogen (secondary N) is 1. The number of nitrogens with zero attached hydrogens (tertiary/aromatic N) is 1. The highest BCUT2D eigenvalue weighted by molar-refractivity contribution is 7.09. The second-order valence-corrected chi connectivity index (χ2v) is 6.97. The number of halogens is 2. The summed E-state index contributed by atoms with van der Waals surface area (Å²) in [5.74, 6) is -0.0451. The number of carbonyl (C=O) groups excluding carboxylic acids is 1. The van der Waals surface area contributed by atoms with Crippen LogP contribution in [0.2, 0.25) is 0 Å². The lowest BCUT2D eigenvalue weighted by Gasteiger charge is -2.37. The highest BCUT2D eigenvalue weighted by atomic mass is 35.5. The van der Waals surface area contributed by atoms with Crippen molar-refractivity contribution in [1.29, 1.82) is 0 Å². The van der Waals surface area contributed by atoms with E-state index < -0.39 is 0 Å². The second kappa shape index (κ2) is 9.79. The summed E-state index contributed by atoms with van der Waals surface area (Å²) >= 11 is 1.56. The van der Waals surface area contributed by atoms with E-state index in [1.807, 2.05) is 19.2 Å². The molecule has 8 heteroatoms. The minimum Gasteiger partial charge on any atom is -0.375 e. The van der Waals surface area contributed by atoms with Crippen LogP contribution in [0.5, 0.6) is 0 Å². The van der Waals surface area contributed by atoms with Crippen molar-refractivity contribution in [2.45, 2.75) is 57.7 Å². The molecule has 0 radical (unpaired) electrons. The highest BCUT2D eigenvalue weighted by Crippen LogP contribution is 2.31. The molecule has 1 saturated carbocycles. The Morgan fingerprint density at radius 2 is 2.26 bits per heavy atom. The topological polar surface area (TPSA) is 77.2 Å². The maximum atomic E-state index is 12.3. The summed E-state index contributed by atoms with van der Waals surface area (Å²) in [6, 6.07) is 0. The first kappa shape index (κ1) is 22.6. The van der Waals surface area contributed by atoms with Gasteiger partial charge < -0.3 is 15.8 Å². The number of methoxy groups -OCH3 is 1. The zero-order valence-corrected chi connectivity index (χ0v) is 16.3. The third-order valence-corrected chi connectivity index (χ3v) is 5.34. The zero-order chi connectivity index (χ0) is 15.5. The number of aromatic nitrogens is 1. The second-order valence-electron chi connectivity index (χ2n) is 6.08. The zero-order valence-electron chi connectivity index (χ0n) is 13.8. The van der Waals surface area contributed by atoms with Gasteiger partial charge in [-0.3, -0.25) is 4.79 Å². The van der Waals surface area contributed by atoms with E-state index in [0.717, 1.165) is 36.4 Å². The third-order valence-electron chi connectivity index (χ3n) is 4.29. The molecule has 1 aliphatic carbocycles. The molecule has 1 amide bonds. The van der Waals surface area contributed by atoms with E-state index in [-0.39, 0.29) is 48.3 Å². The normalized spacial score (nSPS) is 25.0. The predicted molar refractivity (Wildman–Crippen MR) is 98.4 cm³/mol. The van der Waals surface area contributed by atoms with Crippen LogP contribution in [-0.2, 0) is 16.1 Å². The minimum absolute atomic E-state index is 0. The first-order chi connectivity index (χ1) is 9.94. The Kier molecular flexibility index (Phi) is 9.62. The summed E-state index contributed by atoms with van der Waals surface area (Å²) < 4.78 is 5.24. The number of thiazole rings is 1. The smallest absolute Gasteiger partial charge is 0.225 e. The summed E-state index contributed by atoms with van der Waals surface area (Å²) in [6.45, 7) is 4.40. The van der Waals surface area contributed by atoms with E-state index in [9.17, 15) is 4.79 Å². The van der Waals surface area contributed by atoms with Gasteiger partial charge in [-0.2, -0.15) is 0 Å². The first-order valence-corrected chi connectivity index (χ1v) is 8.35. The monoisotopic (exact) mass is 383 g/mol. The van der Waals surface area contributed by atoms with Crippen molar-refractivity contribution < 1.29 is 9.53 Å². The van der Waals surface area contributed by atoms with Crippen molar-refractivity contribution in [3.63, 3.8) is 0 Å². The van der Waals surface area contributed by atoms with Crippen LogP contribution in [0.15, 0.2) is 5.38 Å². The lowest BCUT2D eigenvalue weighted by molar-refractivity contribution is -0.128. The SMILES string of the molecule is COC(C)c1nc(CNC(=O)C2CCCCC2(C)N)cs1.Cl.Cl. The van der Waals surface area contributed by atoms with E-state index in [0.29, 0.717) is 6.54 Å². The maximum absolute atomic E-state index is 12.3. The molecule has 3 atom stereocenters. The molecule has 5 nitrogen and oxygen atoms in total. The summed E-state index contributed by atoms with van der Waals surface area (Å²) in [7, 11) is 1.67. The molecule has 1 aromatic rings. The minimum atomic E-state index is -0.389. The molecular weight excluding hydrogens is 357 g/mol. The number of rotatable bonds is 5. The van der Waals surface area contributed by atoms with Crippen LogP contribution in [0.25, 0.3) is 0 Å². The number of hydrogen-bond acceptors (Lipinski definition) is 5. The number of ether oxygens (including phenoxy) is 1. The summed E-state index contributed by atoms with van der Waals surface area (Å²) in [5.41, 5.74) is 6.75. The van der Waals surface area contributed by atoms with Gasteiger partial charge in [0.2, 0.25) is 5.91 Å². The van der Waals surface area contributed by atoms with E-state index >= 15 is 0 Å². The Bertz CT molecular complexity index is 497. The molecule has 0 aromatic carbocycles. The number of carbonyl (C=O) groups is 1. The van der Waals surface area contributed by atoms with Crippen molar-refractivity contribution in [1.82, 2.24) is 10.3 Å². The van der Waals surface area contributed by atoms with Crippen molar-refractivity contribution in [3.8, 4) is 0 Å². The van der Waals surface area contributed by atoms with Crippen LogP contribution in [-0.4, -0.2) is 23.5 Å². The number of hydrogen-bond donors (Lipinski definition) is 2. The van der Waals surface area contributed by atoms with E-state index in [2.05, 4.69) is 10.3 Å². The molecular formula is C15H27Cl2N3O2S. The molecule has 134 valence electrons. The summed E-state index contributed by atoms with van der Waals surface area (Å²) in [5, 5.41) is 5.88. The van der Waals surface area contributed by atoms with Crippen LogP contribution >= 0.6 is 36.2 Å². The molecule has 0 bridgehead atoms. The van der Waals surface area contributed by atoms with Crippen molar-refractivity contribution in [2.75, 3.05) is 7.11 Å². The average Bonchev–Trinajstić information content (AvgIpc) is 2.92. The van der Waals surface area contributed by atoms with Gasteiger partial charge in [0, 0.05) is 18.0 Å². The molecule has 23 heavy (non-hydrogen) atoms. The van der Waals surface area contributed by atoms with E-state index in [1.165, 1.54) is 0 Å². The number of nitrogens with two attached hydrogens (primary N) is 1. The molecule has 0 saturated heterocycles. The Balaban J connectivity index is 0.00000242. The average molecular weight is 384 g/mol. The van der Waals surface area contributed by atoms with E-state index in [1.54, 1.807) is 18.4 Å². The van der Waals surface area contributed by atoms with Crippen LogP contribution in [0.3, 0.4) is 0 Å². The Hall–Kier alpha value is -0.400. The van der Waals surface area contributed by atoms with Crippen LogP contribution in [0.1, 0.15) is 56.3 Å². The molecule has 0 spiro atoms. The Morgan fingerprint density at radius 1 is 1.57 bits per heavy atom. The van der Waals surface area contributed by atoms with Crippen molar-refractivity contribution in [3.05, 3.63) is 16.1 Å². The molecule has 1 fully saturated rings. The van der Waals surface area contributed by atoms with Crippen LogP contribution in [0.4, 0.5) is 0 Å². The van der Waals surface area contributed by atoms with Gasteiger partial charge in [-0.15, -0.1) is 36.2 Å². The molecule has 3 unspecified atom stereocenters. The van der Waals surface area contributed by atoms with E-state index in [4.69, 9.17) is 10.5 Å². The molecule has 1 aliphatic rings. The fourth-order valence-electron chi connectivity index (χ4n) is 2.78. The molecule has 1 aromatic heterocycles. The lowest BCUT2D eigenvalue weighted by atomic mass is 9.74. The standard InChI is InChI=1S/C15H25N3O2S.2ClH/c1-10(20-3)14-18-11(9-21-14)8-17-13(19)12-6-4-5-7-15(12,2)16;;/h9-10,12H,4-8,16H2,1-3H3,(H,17,19);2*1H. The molecule has 3 N–H and O–H groups in total. The Labute approximate surface area is 154 Å². The quantitative estimate of drug-likeness (QED) is 0.817. The van der Waals surface area contributed by atoms with Crippen LogP contribution in [0, 0.1) is 5.92 Å².